The molecule has 2 aromatic rings. The van der Waals surface area contributed by atoms with Crippen LogP contribution in [0.1, 0.15) is 11.5 Å². The largest absolute Gasteiger partial charge is 0.408 e. The molecule has 0 radical (unpaired) electrons. The highest BCUT2D eigenvalue weighted by molar-refractivity contribution is 5.57. The molecule has 0 saturated heterocycles. The standard InChI is InChI=1S/C12H13F3N4O/c1-8-9(4-3-5-16-8)11-17-10(6-20-2)18-19(11)7-12(13,14)15/h3-5H,6-7H2,1-2H3. The third-order valence-corrected chi connectivity index (χ3v) is 2.57. The van der Waals surface area contributed by atoms with Gasteiger partial charge in [-0.05, 0) is 19.1 Å². The number of alkyl halides is 3. The zero-order valence-electron chi connectivity index (χ0n) is 11.0. The maximum absolute atomic E-state index is 12.6. The van der Waals surface area contributed by atoms with Crippen molar-refractivity contribution in [2.24, 2.45) is 0 Å². The van der Waals surface area contributed by atoms with Crippen LogP contribution in [0.5, 0.6) is 0 Å². The highest BCUT2D eigenvalue weighted by Gasteiger charge is 2.31. The Hall–Kier alpha value is -1.96. The van der Waals surface area contributed by atoms with E-state index in [-0.39, 0.29) is 18.3 Å². The lowest BCUT2D eigenvalue weighted by atomic mass is 10.2. The molecule has 0 aliphatic carbocycles. The van der Waals surface area contributed by atoms with Gasteiger partial charge in [0, 0.05) is 24.6 Å². The average molecular weight is 286 g/mol. The smallest absolute Gasteiger partial charge is 0.377 e. The molecule has 8 heteroatoms. The van der Waals surface area contributed by atoms with Gasteiger partial charge in [-0.25, -0.2) is 9.67 Å². The Bertz CT molecular complexity index is 595. The molecule has 5 nitrogen and oxygen atoms in total. The first-order valence-corrected chi connectivity index (χ1v) is 5.82. The summed E-state index contributed by atoms with van der Waals surface area (Å²) in [5.41, 5.74) is 1.11. The van der Waals surface area contributed by atoms with Gasteiger partial charge in [-0.3, -0.25) is 4.98 Å². The Morgan fingerprint density at radius 3 is 2.70 bits per heavy atom. The second-order valence-electron chi connectivity index (χ2n) is 4.19. The average Bonchev–Trinajstić information content (AvgIpc) is 2.70. The monoisotopic (exact) mass is 286 g/mol. The molecule has 0 saturated carbocycles. The van der Waals surface area contributed by atoms with E-state index in [2.05, 4.69) is 15.1 Å². The maximum atomic E-state index is 12.6. The van der Waals surface area contributed by atoms with Crippen molar-refractivity contribution in [3.05, 3.63) is 29.8 Å². The van der Waals surface area contributed by atoms with Crippen molar-refractivity contribution in [2.75, 3.05) is 7.11 Å². The van der Waals surface area contributed by atoms with Crippen molar-refractivity contribution in [1.82, 2.24) is 19.7 Å². The van der Waals surface area contributed by atoms with Gasteiger partial charge in [0.25, 0.3) is 0 Å². The molecule has 2 aromatic heterocycles. The minimum Gasteiger partial charge on any atom is -0.377 e. The summed E-state index contributed by atoms with van der Waals surface area (Å²) in [6.45, 7) is 0.558. The van der Waals surface area contributed by atoms with E-state index in [4.69, 9.17) is 4.74 Å². The van der Waals surface area contributed by atoms with Crippen LogP contribution in [0, 0.1) is 6.92 Å². The van der Waals surface area contributed by atoms with E-state index < -0.39 is 12.7 Å². The van der Waals surface area contributed by atoms with Crippen LogP contribution in [-0.4, -0.2) is 33.0 Å². The van der Waals surface area contributed by atoms with Crippen molar-refractivity contribution < 1.29 is 17.9 Å². The number of halogens is 3. The zero-order valence-corrected chi connectivity index (χ0v) is 11.0. The van der Waals surface area contributed by atoms with Gasteiger partial charge in [0.2, 0.25) is 0 Å². The van der Waals surface area contributed by atoms with Gasteiger partial charge in [-0.15, -0.1) is 0 Å². The van der Waals surface area contributed by atoms with Crippen molar-refractivity contribution in [1.29, 1.82) is 0 Å². The lowest BCUT2D eigenvalue weighted by Crippen LogP contribution is -2.19. The van der Waals surface area contributed by atoms with Crippen LogP contribution in [0.3, 0.4) is 0 Å². The Morgan fingerprint density at radius 2 is 2.10 bits per heavy atom. The highest BCUT2D eigenvalue weighted by atomic mass is 19.4. The van der Waals surface area contributed by atoms with Crippen molar-refractivity contribution in [3.8, 4) is 11.4 Å². The number of rotatable bonds is 4. The van der Waals surface area contributed by atoms with E-state index in [0.717, 1.165) is 4.68 Å². The minimum atomic E-state index is -4.37. The van der Waals surface area contributed by atoms with Crippen LogP contribution in [-0.2, 0) is 17.9 Å². The molecule has 0 fully saturated rings. The fourth-order valence-electron chi connectivity index (χ4n) is 1.78. The quantitative estimate of drug-likeness (QED) is 0.865. The summed E-state index contributed by atoms with van der Waals surface area (Å²) in [5.74, 6) is 0.343. The molecule has 0 amide bonds. The third-order valence-electron chi connectivity index (χ3n) is 2.57. The van der Waals surface area contributed by atoms with Crippen LogP contribution >= 0.6 is 0 Å². The number of pyridine rings is 1. The molecule has 0 aliphatic rings. The van der Waals surface area contributed by atoms with Crippen molar-refractivity contribution in [2.45, 2.75) is 26.3 Å². The number of hydrogen-bond donors (Lipinski definition) is 0. The zero-order chi connectivity index (χ0) is 14.8. The van der Waals surface area contributed by atoms with E-state index in [9.17, 15) is 13.2 Å². The summed E-state index contributed by atoms with van der Waals surface area (Å²) in [5, 5.41) is 3.84. The fourth-order valence-corrected chi connectivity index (χ4v) is 1.78. The Balaban J connectivity index is 2.47. The predicted octanol–water partition coefficient (Wildman–Crippen LogP) is 2.36. The molecular formula is C12H13F3N4O. The highest BCUT2D eigenvalue weighted by Crippen LogP contribution is 2.24. The molecule has 0 bridgehead atoms. The van der Waals surface area contributed by atoms with Crippen LogP contribution in [0.15, 0.2) is 18.3 Å². The summed E-state index contributed by atoms with van der Waals surface area (Å²) in [6.07, 6.45) is -2.80. The molecule has 0 spiro atoms. The molecule has 20 heavy (non-hydrogen) atoms. The van der Waals surface area contributed by atoms with Gasteiger partial charge in [0.1, 0.15) is 13.2 Å². The van der Waals surface area contributed by atoms with Gasteiger partial charge in [0.15, 0.2) is 11.6 Å². The van der Waals surface area contributed by atoms with Crippen molar-refractivity contribution >= 4 is 0 Å². The minimum absolute atomic E-state index is 0.0527. The van der Waals surface area contributed by atoms with Crippen LogP contribution in [0.25, 0.3) is 11.4 Å². The van der Waals surface area contributed by atoms with E-state index in [1.165, 1.54) is 7.11 Å². The Labute approximate surface area is 113 Å². The lowest BCUT2D eigenvalue weighted by Gasteiger charge is -2.09. The molecule has 0 unspecified atom stereocenters. The Morgan fingerprint density at radius 1 is 1.35 bits per heavy atom. The van der Waals surface area contributed by atoms with E-state index in [1.54, 1.807) is 25.3 Å². The van der Waals surface area contributed by atoms with Gasteiger partial charge >= 0.3 is 6.18 Å². The lowest BCUT2D eigenvalue weighted by molar-refractivity contribution is -0.142. The summed E-state index contributed by atoms with van der Waals surface area (Å²) in [6, 6.07) is 3.31. The van der Waals surface area contributed by atoms with Crippen LogP contribution in [0.4, 0.5) is 13.2 Å². The van der Waals surface area contributed by atoms with E-state index in [0.29, 0.717) is 11.3 Å². The molecule has 108 valence electrons. The molecular weight excluding hydrogens is 273 g/mol. The summed E-state index contributed by atoms with van der Waals surface area (Å²) >= 11 is 0. The van der Waals surface area contributed by atoms with Gasteiger partial charge in [-0.2, -0.15) is 18.3 Å². The number of nitrogens with zero attached hydrogens (tertiary/aromatic N) is 4. The number of aromatic nitrogens is 4. The first kappa shape index (κ1) is 14.4. The number of aryl methyl sites for hydroxylation is 1. The summed E-state index contributed by atoms with van der Waals surface area (Å²) in [4.78, 5) is 8.16. The van der Waals surface area contributed by atoms with Gasteiger partial charge in [0.05, 0.1) is 0 Å². The summed E-state index contributed by atoms with van der Waals surface area (Å²) < 4.78 is 43.5. The summed E-state index contributed by atoms with van der Waals surface area (Å²) in [7, 11) is 1.43. The van der Waals surface area contributed by atoms with Crippen LogP contribution < -0.4 is 0 Å². The molecule has 2 heterocycles. The number of ether oxygens (including phenoxy) is 1. The predicted molar refractivity (Wildman–Crippen MR) is 64.8 cm³/mol. The second-order valence-corrected chi connectivity index (χ2v) is 4.19. The van der Waals surface area contributed by atoms with E-state index >= 15 is 0 Å². The molecule has 0 aliphatic heterocycles. The fraction of sp³-hybridized carbons (Fsp3) is 0.417. The second kappa shape index (κ2) is 5.58. The topological polar surface area (TPSA) is 52.8 Å². The molecule has 0 atom stereocenters. The number of methoxy groups -OCH3 is 1. The van der Waals surface area contributed by atoms with Gasteiger partial charge in [-0.1, -0.05) is 0 Å². The Kier molecular flexibility index (Phi) is 4.03. The maximum Gasteiger partial charge on any atom is 0.408 e. The first-order valence-electron chi connectivity index (χ1n) is 5.82. The SMILES string of the molecule is COCc1nc(-c2cccnc2C)n(CC(F)(F)F)n1. The van der Waals surface area contributed by atoms with E-state index in [1.807, 2.05) is 0 Å². The molecule has 2 rings (SSSR count). The third kappa shape index (κ3) is 3.32. The normalized spacial score (nSPS) is 11.8. The molecule has 0 N–H and O–H groups in total. The van der Waals surface area contributed by atoms with Crippen molar-refractivity contribution in [3.63, 3.8) is 0 Å². The van der Waals surface area contributed by atoms with Gasteiger partial charge < -0.3 is 4.74 Å². The number of hydrogen-bond acceptors (Lipinski definition) is 4. The molecule has 0 aromatic carbocycles. The first-order chi connectivity index (χ1) is 9.40. The van der Waals surface area contributed by atoms with Crippen LogP contribution in [0.2, 0.25) is 0 Å².